The summed E-state index contributed by atoms with van der Waals surface area (Å²) in [6.07, 6.45) is -3.75. The highest BCUT2D eigenvalue weighted by molar-refractivity contribution is 6.33. The molecule has 0 bridgehead atoms. The van der Waals surface area contributed by atoms with Crippen LogP contribution < -0.4 is 4.90 Å². The second-order valence-corrected chi connectivity index (χ2v) is 5.22. The van der Waals surface area contributed by atoms with Gasteiger partial charge in [0.15, 0.2) is 0 Å². The molecule has 1 aliphatic heterocycles. The molecule has 2 rings (SSSR count). The van der Waals surface area contributed by atoms with E-state index >= 15 is 0 Å². The van der Waals surface area contributed by atoms with E-state index in [4.69, 9.17) is 21.1 Å². The van der Waals surface area contributed by atoms with Crippen molar-refractivity contribution in [2.24, 2.45) is 0 Å². The average Bonchev–Trinajstić information content (AvgIpc) is 2.89. The zero-order valence-corrected chi connectivity index (χ0v) is 12.6. The topological polar surface area (TPSA) is 51.7 Å². The number of hydrogen-bond acceptors (Lipinski definition) is 5. The molecule has 1 saturated heterocycles. The number of esters is 1. The normalized spacial score (nSPS) is 22.0. The maximum Gasteiger partial charge on any atom is 0.417 e. The highest BCUT2D eigenvalue weighted by Crippen LogP contribution is 2.36. The maximum atomic E-state index is 12.6. The van der Waals surface area contributed by atoms with Crippen LogP contribution in [0.25, 0.3) is 0 Å². The number of hydrogen-bond donors (Lipinski definition) is 0. The molecule has 1 aliphatic rings. The van der Waals surface area contributed by atoms with Crippen molar-refractivity contribution < 1.29 is 27.4 Å². The molecule has 22 heavy (non-hydrogen) atoms. The Morgan fingerprint density at radius 3 is 2.64 bits per heavy atom. The van der Waals surface area contributed by atoms with Gasteiger partial charge in [-0.25, -0.2) is 9.78 Å². The van der Waals surface area contributed by atoms with E-state index in [1.165, 1.54) is 19.1 Å². The van der Waals surface area contributed by atoms with E-state index < -0.39 is 23.8 Å². The van der Waals surface area contributed by atoms with Gasteiger partial charge in [-0.1, -0.05) is 11.6 Å². The summed E-state index contributed by atoms with van der Waals surface area (Å²) >= 11 is 5.92. The zero-order chi connectivity index (χ0) is 16.5. The number of nitrogens with zero attached hydrogens (tertiary/aromatic N) is 2. The van der Waals surface area contributed by atoms with E-state index in [2.05, 4.69) is 4.98 Å². The Balaban J connectivity index is 2.34. The van der Waals surface area contributed by atoms with E-state index in [9.17, 15) is 18.0 Å². The van der Waals surface area contributed by atoms with Crippen molar-refractivity contribution in [1.82, 2.24) is 4.98 Å². The summed E-state index contributed by atoms with van der Waals surface area (Å²) in [6, 6.07) is 0.0925. The minimum absolute atomic E-state index is 0.101. The summed E-state index contributed by atoms with van der Waals surface area (Å²) in [4.78, 5) is 17.1. The number of alkyl halides is 3. The SMILES string of the molecule is COC(=O)[C@@H]1C[C@@H](OC)CN1c1ncc(C(F)(F)F)cc1Cl. The van der Waals surface area contributed by atoms with Crippen LogP contribution in [0.3, 0.4) is 0 Å². The van der Waals surface area contributed by atoms with Gasteiger partial charge >= 0.3 is 12.1 Å². The standard InChI is InChI=1S/C13H14ClF3N2O3/c1-21-8-4-10(12(20)22-2)19(6-8)11-9(14)3-7(5-18-11)13(15,16)17/h3,5,8,10H,4,6H2,1-2H3/t8-,10+/m1/s1. The fourth-order valence-electron chi connectivity index (χ4n) is 2.36. The lowest BCUT2D eigenvalue weighted by Gasteiger charge is -2.24. The molecule has 1 aromatic heterocycles. The summed E-state index contributed by atoms with van der Waals surface area (Å²) < 4.78 is 47.9. The molecule has 2 atom stereocenters. The third-order valence-corrected chi connectivity index (χ3v) is 3.77. The fraction of sp³-hybridized carbons (Fsp3) is 0.538. The lowest BCUT2D eigenvalue weighted by atomic mass is 10.2. The number of carbonyl (C=O) groups excluding carboxylic acids is 1. The molecule has 0 spiro atoms. The van der Waals surface area contributed by atoms with Crippen LogP contribution in [-0.2, 0) is 20.4 Å². The van der Waals surface area contributed by atoms with Crippen molar-refractivity contribution in [3.63, 3.8) is 0 Å². The van der Waals surface area contributed by atoms with Gasteiger partial charge in [-0.05, 0) is 6.07 Å². The van der Waals surface area contributed by atoms with Gasteiger partial charge in [0, 0.05) is 26.3 Å². The minimum Gasteiger partial charge on any atom is -0.467 e. The quantitative estimate of drug-likeness (QED) is 0.793. The molecule has 5 nitrogen and oxygen atoms in total. The molecule has 0 radical (unpaired) electrons. The predicted octanol–water partition coefficient (Wildman–Crippen LogP) is 2.52. The van der Waals surface area contributed by atoms with E-state index in [1.807, 2.05) is 0 Å². The van der Waals surface area contributed by atoms with Gasteiger partial charge in [0.2, 0.25) is 0 Å². The molecule has 1 aromatic rings. The van der Waals surface area contributed by atoms with Gasteiger partial charge in [0.25, 0.3) is 0 Å². The molecule has 9 heteroatoms. The van der Waals surface area contributed by atoms with Crippen LogP contribution in [0.5, 0.6) is 0 Å². The predicted molar refractivity (Wildman–Crippen MR) is 72.8 cm³/mol. The second kappa shape index (κ2) is 6.29. The molecule has 0 amide bonds. The number of rotatable bonds is 3. The Morgan fingerprint density at radius 1 is 1.45 bits per heavy atom. The Bertz CT molecular complexity index is 568. The second-order valence-electron chi connectivity index (χ2n) is 4.81. The molecule has 0 saturated carbocycles. The van der Waals surface area contributed by atoms with Crippen LogP contribution >= 0.6 is 11.6 Å². The van der Waals surface area contributed by atoms with Crippen molar-refractivity contribution >= 4 is 23.4 Å². The smallest absolute Gasteiger partial charge is 0.417 e. The molecule has 0 aliphatic carbocycles. The summed E-state index contributed by atoms with van der Waals surface area (Å²) in [5.41, 5.74) is -0.946. The Kier molecular flexibility index (Phi) is 4.81. The first-order valence-electron chi connectivity index (χ1n) is 6.38. The van der Waals surface area contributed by atoms with E-state index in [-0.39, 0.29) is 23.5 Å². The molecule has 0 aromatic carbocycles. The van der Waals surface area contributed by atoms with Crippen LogP contribution in [0, 0.1) is 0 Å². The summed E-state index contributed by atoms with van der Waals surface area (Å²) in [5.74, 6) is -0.415. The fourth-order valence-corrected chi connectivity index (χ4v) is 2.63. The first-order chi connectivity index (χ1) is 10.3. The first kappa shape index (κ1) is 16.8. The van der Waals surface area contributed by atoms with Crippen molar-refractivity contribution in [1.29, 1.82) is 0 Å². The van der Waals surface area contributed by atoms with Gasteiger partial charge in [-0.3, -0.25) is 0 Å². The summed E-state index contributed by atoms with van der Waals surface area (Å²) in [7, 11) is 2.73. The van der Waals surface area contributed by atoms with Crippen LogP contribution in [0.4, 0.5) is 19.0 Å². The Morgan fingerprint density at radius 2 is 2.14 bits per heavy atom. The molecule has 122 valence electrons. The third-order valence-electron chi connectivity index (χ3n) is 3.49. The van der Waals surface area contributed by atoms with Crippen LogP contribution in [0.15, 0.2) is 12.3 Å². The molecule has 1 fully saturated rings. The van der Waals surface area contributed by atoms with Gasteiger partial charge in [-0.15, -0.1) is 0 Å². The highest BCUT2D eigenvalue weighted by Gasteiger charge is 2.40. The average molecular weight is 339 g/mol. The molecular weight excluding hydrogens is 325 g/mol. The first-order valence-corrected chi connectivity index (χ1v) is 6.75. The monoisotopic (exact) mass is 338 g/mol. The molecule has 0 N–H and O–H groups in total. The van der Waals surface area contributed by atoms with Crippen LogP contribution in [0.2, 0.25) is 5.02 Å². The van der Waals surface area contributed by atoms with Crippen LogP contribution in [-0.4, -0.2) is 43.9 Å². The lowest BCUT2D eigenvalue weighted by molar-refractivity contribution is -0.142. The minimum atomic E-state index is -4.53. The van der Waals surface area contributed by atoms with Crippen molar-refractivity contribution in [3.05, 3.63) is 22.8 Å². The number of pyridine rings is 1. The van der Waals surface area contributed by atoms with Crippen molar-refractivity contribution in [2.45, 2.75) is 24.7 Å². The van der Waals surface area contributed by atoms with Crippen LogP contribution in [0.1, 0.15) is 12.0 Å². The number of aromatic nitrogens is 1. The summed E-state index contributed by atoms with van der Waals surface area (Å²) in [6.45, 7) is 0.286. The van der Waals surface area contributed by atoms with Crippen molar-refractivity contribution in [2.75, 3.05) is 25.7 Å². The van der Waals surface area contributed by atoms with Gasteiger partial charge < -0.3 is 14.4 Å². The third kappa shape index (κ3) is 3.27. The number of carbonyl (C=O) groups is 1. The number of halogens is 4. The number of ether oxygens (including phenoxy) is 2. The lowest BCUT2D eigenvalue weighted by Crippen LogP contribution is -2.37. The largest absolute Gasteiger partial charge is 0.467 e. The van der Waals surface area contributed by atoms with Gasteiger partial charge in [-0.2, -0.15) is 13.2 Å². The van der Waals surface area contributed by atoms with Gasteiger partial charge in [0.05, 0.1) is 23.8 Å². The van der Waals surface area contributed by atoms with E-state index in [0.29, 0.717) is 12.6 Å². The molecular formula is C13H14ClF3N2O3. The van der Waals surface area contributed by atoms with Gasteiger partial charge in [0.1, 0.15) is 11.9 Å². The number of anilines is 1. The summed E-state index contributed by atoms with van der Waals surface area (Å²) in [5, 5.41) is -0.180. The Hall–Kier alpha value is -1.54. The van der Waals surface area contributed by atoms with Crippen molar-refractivity contribution in [3.8, 4) is 0 Å². The highest BCUT2D eigenvalue weighted by atomic mass is 35.5. The number of methoxy groups -OCH3 is 2. The van der Waals surface area contributed by atoms with E-state index in [1.54, 1.807) is 0 Å². The maximum absolute atomic E-state index is 12.6. The Labute approximate surface area is 130 Å². The van der Waals surface area contributed by atoms with E-state index in [0.717, 1.165) is 6.07 Å². The zero-order valence-electron chi connectivity index (χ0n) is 11.9. The molecule has 2 heterocycles. The molecule has 0 unspecified atom stereocenters.